The smallest absolute Gasteiger partial charge is 0.211 e. The van der Waals surface area contributed by atoms with E-state index in [-0.39, 0.29) is 24.2 Å². The number of benzene rings is 1. The number of thiophene rings is 1. The number of sulfonamides is 1. The van der Waals surface area contributed by atoms with Gasteiger partial charge in [0.1, 0.15) is 0 Å². The van der Waals surface area contributed by atoms with Crippen molar-refractivity contribution in [1.82, 2.24) is 14.5 Å². The van der Waals surface area contributed by atoms with Crippen molar-refractivity contribution in [3.63, 3.8) is 0 Å². The van der Waals surface area contributed by atoms with Crippen LogP contribution in [0.5, 0.6) is 0 Å². The molecule has 0 spiro atoms. The number of rotatable bonds is 8. The summed E-state index contributed by atoms with van der Waals surface area (Å²) in [5.41, 5.74) is 2.25. The highest BCUT2D eigenvalue weighted by atomic mass is 35.5. The average molecular weight is 430 g/mol. The van der Waals surface area contributed by atoms with E-state index < -0.39 is 10.0 Å². The number of aryl methyl sites for hydroxylation is 1. The van der Waals surface area contributed by atoms with Crippen molar-refractivity contribution < 1.29 is 8.42 Å². The van der Waals surface area contributed by atoms with E-state index in [9.17, 15) is 8.42 Å². The molecule has 0 aliphatic carbocycles. The zero-order valence-electron chi connectivity index (χ0n) is 15.6. The minimum absolute atomic E-state index is 0. The SMILES string of the molecule is CN1CCN(C(CNS(=O)(=O)CCc2ccccc2)c2ccsc2)CC1.Cl. The molecule has 1 aromatic heterocycles. The monoisotopic (exact) mass is 429 g/mol. The van der Waals surface area contributed by atoms with E-state index in [1.165, 1.54) is 5.56 Å². The van der Waals surface area contributed by atoms with Crippen molar-refractivity contribution in [2.75, 3.05) is 45.5 Å². The van der Waals surface area contributed by atoms with Gasteiger partial charge in [-0.15, -0.1) is 12.4 Å². The molecule has 5 nitrogen and oxygen atoms in total. The number of likely N-dealkylation sites (N-methyl/N-ethyl adjacent to an activating group) is 1. The summed E-state index contributed by atoms with van der Waals surface area (Å²) < 4.78 is 27.8. The van der Waals surface area contributed by atoms with Crippen LogP contribution in [0.15, 0.2) is 47.2 Å². The molecule has 150 valence electrons. The number of nitrogens with one attached hydrogen (secondary N) is 1. The van der Waals surface area contributed by atoms with Crippen LogP contribution in [0.3, 0.4) is 0 Å². The van der Waals surface area contributed by atoms with Gasteiger partial charge in [0.15, 0.2) is 0 Å². The minimum Gasteiger partial charge on any atom is -0.304 e. The molecule has 1 unspecified atom stereocenters. The maximum Gasteiger partial charge on any atom is 0.211 e. The summed E-state index contributed by atoms with van der Waals surface area (Å²) in [5, 5.41) is 4.18. The molecule has 0 radical (unpaired) electrons. The quantitative estimate of drug-likeness (QED) is 0.700. The number of hydrogen-bond donors (Lipinski definition) is 1. The lowest BCUT2D eigenvalue weighted by Crippen LogP contribution is -2.48. The highest BCUT2D eigenvalue weighted by molar-refractivity contribution is 7.89. The van der Waals surface area contributed by atoms with E-state index in [0.29, 0.717) is 13.0 Å². The number of piperazine rings is 1. The Morgan fingerprint density at radius 2 is 1.81 bits per heavy atom. The summed E-state index contributed by atoms with van der Waals surface area (Å²) >= 11 is 1.66. The fourth-order valence-corrected chi connectivity index (χ4v) is 5.00. The molecule has 1 N–H and O–H groups in total. The predicted molar refractivity (Wildman–Crippen MR) is 115 cm³/mol. The molecule has 27 heavy (non-hydrogen) atoms. The lowest BCUT2D eigenvalue weighted by Gasteiger charge is -2.37. The van der Waals surface area contributed by atoms with Gasteiger partial charge in [-0.1, -0.05) is 30.3 Å². The van der Waals surface area contributed by atoms with Gasteiger partial charge in [-0.05, 0) is 41.4 Å². The normalized spacial score (nSPS) is 17.4. The fourth-order valence-electron chi connectivity index (χ4n) is 3.23. The van der Waals surface area contributed by atoms with Gasteiger partial charge in [0.2, 0.25) is 10.0 Å². The van der Waals surface area contributed by atoms with Crippen LogP contribution in [0.25, 0.3) is 0 Å². The standard InChI is InChI=1S/C19H27N3O2S2.ClH/c1-21-9-11-22(12-10-21)19(18-7-13-25-16-18)15-20-26(23,24)14-8-17-5-3-2-4-6-17;/h2-7,13,16,19-20H,8-12,14-15H2,1H3;1H. The first-order chi connectivity index (χ1) is 12.5. The summed E-state index contributed by atoms with van der Waals surface area (Å²) in [6.07, 6.45) is 0.536. The van der Waals surface area contributed by atoms with Gasteiger partial charge in [0.05, 0.1) is 5.75 Å². The summed E-state index contributed by atoms with van der Waals surface area (Å²) in [7, 11) is -1.17. The van der Waals surface area contributed by atoms with Crippen LogP contribution in [0.1, 0.15) is 17.2 Å². The van der Waals surface area contributed by atoms with Gasteiger partial charge in [0.25, 0.3) is 0 Å². The van der Waals surface area contributed by atoms with E-state index in [1.54, 1.807) is 11.3 Å². The maximum absolute atomic E-state index is 12.5. The number of hydrogen-bond acceptors (Lipinski definition) is 5. The van der Waals surface area contributed by atoms with Crippen LogP contribution >= 0.6 is 23.7 Å². The van der Waals surface area contributed by atoms with Crippen molar-refractivity contribution in [3.8, 4) is 0 Å². The lowest BCUT2D eigenvalue weighted by atomic mass is 10.1. The Kier molecular flexibility index (Phi) is 8.72. The van der Waals surface area contributed by atoms with E-state index in [2.05, 4.69) is 38.4 Å². The van der Waals surface area contributed by atoms with Gasteiger partial charge < -0.3 is 4.90 Å². The first-order valence-corrected chi connectivity index (χ1v) is 11.6. The Labute approximate surface area is 172 Å². The van der Waals surface area contributed by atoms with Crippen molar-refractivity contribution in [2.45, 2.75) is 12.5 Å². The van der Waals surface area contributed by atoms with Crippen LogP contribution in [0, 0.1) is 0 Å². The summed E-state index contributed by atoms with van der Waals surface area (Å²) in [5.74, 6) is 0.121. The van der Waals surface area contributed by atoms with Crippen molar-refractivity contribution in [2.24, 2.45) is 0 Å². The Bertz CT molecular complexity index is 762. The lowest BCUT2D eigenvalue weighted by molar-refractivity contribution is 0.113. The molecule has 2 aromatic rings. The molecule has 0 bridgehead atoms. The molecule has 0 amide bonds. The molecule has 2 heterocycles. The summed E-state index contributed by atoms with van der Waals surface area (Å²) in [6, 6.07) is 12.0. The van der Waals surface area contributed by atoms with E-state index in [0.717, 1.165) is 31.7 Å². The van der Waals surface area contributed by atoms with Gasteiger partial charge in [-0.2, -0.15) is 11.3 Å². The van der Waals surface area contributed by atoms with Crippen LogP contribution in [0.2, 0.25) is 0 Å². The Morgan fingerprint density at radius 1 is 1.11 bits per heavy atom. The highest BCUT2D eigenvalue weighted by Gasteiger charge is 2.25. The second-order valence-electron chi connectivity index (χ2n) is 6.81. The zero-order chi connectivity index (χ0) is 18.4. The minimum atomic E-state index is -3.30. The summed E-state index contributed by atoms with van der Waals surface area (Å²) in [4.78, 5) is 4.70. The molecule has 0 saturated carbocycles. The van der Waals surface area contributed by atoms with E-state index >= 15 is 0 Å². The largest absolute Gasteiger partial charge is 0.304 e. The average Bonchev–Trinajstić information content (AvgIpc) is 3.17. The molecule has 1 aromatic carbocycles. The molecule has 1 fully saturated rings. The topological polar surface area (TPSA) is 52.6 Å². The molecule has 3 rings (SSSR count). The van der Waals surface area contributed by atoms with Gasteiger partial charge in [-0.25, -0.2) is 13.1 Å². The molecular formula is C19H28ClN3O2S2. The van der Waals surface area contributed by atoms with Crippen molar-refractivity contribution in [1.29, 1.82) is 0 Å². The third kappa shape index (κ3) is 6.85. The summed E-state index contributed by atoms with van der Waals surface area (Å²) in [6.45, 7) is 4.38. The van der Waals surface area contributed by atoms with Crippen molar-refractivity contribution in [3.05, 3.63) is 58.3 Å². The molecular weight excluding hydrogens is 402 g/mol. The molecule has 1 atom stereocenters. The van der Waals surface area contributed by atoms with E-state index in [1.807, 2.05) is 30.3 Å². The van der Waals surface area contributed by atoms with Crippen molar-refractivity contribution >= 4 is 33.8 Å². The van der Waals surface area contributed by atoms with Crippen LogP contribution in [-0.2, 0) is 16.4 Å². The highest BCUT2D eigenvalue weighted by Crippen LogP contribution is 2.24. The van der Waals surface area contributed by atoms with E-state index in [4.69, 9.17) is 0 Å². The predicted octanol–water partition coefficient (Wildman–Crippen LogP) is 2.62. The zero-order valence-corrected chi connectivity index (χ0v) is 18.0. The second kappa shape index (κ2) is 10.5. The Balaban J connectivity index is 0.00000261. The fraction of sp³-hybridized carbons (Fsp3) is 0.474. The second-order valence-corrected chi connectivity index (χ2v) is 9.52. The molecule has 1 aliphatic rings. The maximum atomic E-state index is 12.5. The Morgan fingerprint density at radius 3 is 2.44 bits per heavy atom. The number of nitrogens with zero attached hydrogens (tertiary/aromatic N) is 2. The van der Waals surface area contributed by atoms with Gasteiger partial charge in [-0.3, -0.25) is 4.90 Å². The number of halogens is 1. The van der Waals surface area contributed by atoms with Crippen LogP contribution in [0.4, 0.5) is 0 Å². The van der Waals surface area contributed by atoms with Crippen LogP contribution < -0.4 is 4.72 Å². The van der Waals surface area contributed by atoms with Gasteiger partial charge >= 0.3 is 0 Å². The Hall–Kier alpha value is -0.960. The van der Waals surface area contributed by atoms with Crippen LogP contribution in [-0.4, -0.2) is 63.7 Å². The molecule has 1 saturated heterocycles. The third-order valence-corrected chi connectivity index (χ3v) is 6.96. The first kappa shape index (κ1) is 22.3. The first-order valence-electron chi connectivity index (χ1n) is 8.99. The third-order valence-electron chi connectivity index (χ3n) is 4.91. The molecule has 1 aliphatic heterocycles. The van der Waals surface area contributed by atoms with Gasteiger partial charge in [0, 0.05) is 38.8 Å². The molecule has 8 heteroatoms.